The van der Waals surface area contributed by atoms with Gasteiger partial charge in [-0.25, -0.2) is 0 Å². The molecule has 0 bridgehead atoms. The van der Waals surface area contributed by atoms with Crippen molar-refractivity contribution in [1.82, 2.24) is 0 Å². The quantitative estimate of drug-likeness (QED) is 0.629. The first-order valence-corrected chi connectivity index (χ1v) is 5.62. The molecule has 0 aromatic carbocycles. The zero-order valence-corrected chi connectivity index (χ0v) is 9.33. The number of hydrogen-bond donors (Lipinski definition) is 1. The third kappa shape index (κ3) is 4.18. The van der Waals surface area contributed by atoms with Gasteiger partial charge < -0.3 is 14.6 Å². The number of aliphatic carboxylic acids is 1. The van der Waals surface area contributed by atoms with Crippen LogP contribution in [-0.2, 0) is 14.3 Å². The number of rotatable bonds is 8. The van der Waals surface area contributed by atoms with Gasteiger partial charge in [0.15, 0.2) is 0 Å². The summed E-state index contributed by atoms with van der Waals surface area (Å²) in [5, 5.41) is 8.74. The van der Waals surface area contributed by atoms with Crippen molar-refractivity contribution in [3.8, 4) is 0 Å². The molecule has 4 heteroatoms. The third-order valence-corrected chi connectivity index (χ3v) is 2.72. The second-order valence-electron chi connectivity index (χ2n) is 4.07. The van der Waals surface area contributed by atoms with Crippen LogP contribution in [0, 0.1) is 0 Å². The molecule has 1 aliphatic carbocycles. The van der Waals surface area contributed by atoms with Crippen molar-refractivity contribution in [1.29, 1.82) is 0 Å². The standard InChI is InChI=1S/C11H20O4/c1-2-6-14-7-8-15-11(4-3-5-11)9-10(12)13/h2-9H2,1H3,(H,12,13). The van der Waals surface area contributed by atoms with Gasteiger partial charge in [0.25, 0.3) is 0 Å². The molecule has 0 unspecified atom stereocenters. The lowest BCUT2D eigenvalue weighted by Gasteiger charge is -2.40. The normalized spacial score (nSPS) is 18.5. The predicted octanol–water partition coefficient (Wildman–Crippen LogP) is 1.83. The Morgan fingerprint density at radius 1 is 1.33 bits per heavy atom. The van der Waals surface area contributed by atoms with Crippen LogP contribution in [0.3, 0.4) is 0 Å². The molecule has 1 rings (SSSR count). The maximum atomic E-state index is 10.6. The van der Waals surface area contributed by atoms with E-state index in [1.54, 1.807) is 0 Å². The molecule has 0 amide bonds. The molecule has 1 fully saturated rings. The van der Waals surface area contributed by atoms with Gasteiger partial charge >= 0.3 is 5.97 Å². The van der Waals surface area contributed by atoms with E-state index in [9.17, 15) is 4.79 Å². The summed E-state index contributed by atoms with van der Waals surface area (Å²) in [4.78, 5) is 10.6. The molecule has 0 aromatic heterocycles. The first-order valence-electron chi connectivity index (χ1n) is 5.62. The van der Waals surface area contributed by atoms with E-state index in [-0.39, 0.29) is 12.0 Å². The van der Waals surface area contributed by atoms with Crippen LogP contribution >= 0.6 is 0 Å². The molecule has 0 heterocycles. The summed E-state index contributed by atoms with van der Waals surface area (Å²) in [6.07, 6.45) is 3.93. The molecule has 0 aliphatic heterocycles. The third-order valence-electron chi connectivity index (χ3n) is 2.72. The maximum absolute atomic E-state index is 10.6. The molecule has 15 heavy (non-hydrogen) atoms. The van der Waals surface area contributed by atoms with Crippen LogP contribution in [0.25, 0.3) is 0 Å². The van der Waals surface area contributed by atoms with Crippen molar-refractivity contribution >= 4 is 5.97 Å². The van der Waals surface area contributed by atoms with E-state index in [0.717, 1.165) is 32.3 Å². The van der Waals surface area contributed by atoms with E-state index < -0.39 is 5.97 Å². The van der Waals surface area contributed by atoms with Gasteiger partial charge in [0, 0.05) is 6.61 Å². The first-order chi connectivity index (χ1) is 7.18. The van der Waals surface area contributed by atoms with Gasteiger partial charge in [-0.2, -0.15) is 0 Å². The topological polar surface area (TPSA) is 55.8 Å². The summed E-state index contributed by atoms with van der Waals surface area (Å²) in [5.74, 6) is -0.774. The summed E-state index contributed by atoms with van der Waals surface area (Å²) in [6.45, 7) is 3.87. The predicted molar refractivity (Wildman–Crippen MR) is 55.9 cm³/mol. The lowest BCUT2D eigenvalue weighted by molar-refractivity contribution is -0.156. The lowest BCUT2D eigenvalue weighted by atomic mass is 9.77. The van der Waals surface area contributed by atoms with Gasteiger partial charge in [0.1, 0.15) is 0 Å². The highest BCUT2D eigenvalue weighted by Gasteiger charge is 2.39. The molecule has 0 spiro atoms. The monoisotopic (exact) mass is 216 g/mol. The van der Waals surface area contributed by atoms with Gasteiger partial charge in [0.05, 0.1) is 25.2 Å². The fraction of sp³-hybridized carbons (Fsp3) is 0.909. The van der Waals surface area contributed by atoms with Crippen LogP contribution in [0.5, 0.6) is 0 Å². The second kappa shape index (κ2) is 6.08. The Kier molecular flexibility index (Phi) is 5.05. The largest absolute Gasteiger partial charge is 0.481 e. The van der Waals surface area contributed by atoms with Crippen LogP contribution in [-0.4, -0.2) is 36.5 Å². The van der Waals surface area contributed by atoms with E-state index in [4.69, 9.17) is 14.6 Å². The number of carboxylic acid groups (broad SMARTS) is 1. The van der Waals surface area contributed by atoms with Gasteiger partial charge in [0.2, 0.25) is 0 Å². The van der Waals surface area contributed by atoms with Gasteiger partial charge in [-0.3, -0.25) is 4.79 Å². The van der Waals surface area contributed by atoms with Crippen molar-refractivity contribution in [2.75, 3.05) is 19.8 Å². The molecule has 4 nitrogen and oxygen atoms in total. The molecule has 0 radical (unpaired) electrons. The van der Waals surface area contributed by atoms with E-state index in [1.807, 2.05) is 0 Å². The molecule has 0 aromatic rings. The highest BCUT2D eigenvalue weighted by molar-refractivity contribution is 5.68. The Morgan fingerprint density at radius 3 is 2.53 bits per heavy atom. The van der Waals surface area contributed by atoms with Crippen LogP contribution in [0.4, 0.5) is 0 Å². The summed E-state index contributed by atoms with van der Waals surface area (Å²) >= 11 is 0. The molecule has 1 N–H and O–H groups in total. The Morgan fingerprint density at radius 2 is 2.07 bits per heavy atom. The fourth-order valence-electron chi connectivity index (χ4n) is 1.78. The highest BCUT2D eigenvalue weighted by atomic mass is 16.5. The smallest absolute Gasteiger partial charge is 0.306 e. The summed E-state index contributed by atoms with van der Waals surface area (Å²) in [6, 6.07) is 0. The van der Waals surface area contributed by atoms with Crippen molar-refractivity contribution < 1.29 is 19.4 Å². The lowest BCUT2D eigenvalue weighted by Crippen LogP contribution is -2.42. The molecule has 1 saturated carbocycles. The highest BCUT2D eigenvalue weighted by Crippen LogP contribution is 2.38. The minimum Gasteiger partial charge on any atom is -0.481 e. The summed E-state index contributed by atoms with van der Waals surface area (Å²) in [7, 11) is 0. The van der Waals surface area contributed by atoms with Crippen molar-refractivity contribution in [3.63, 3.8) is 0 Å². The summed E-state index contributed by atoms with van der Waals surface area (Å²) in [5.41, 5.74) is -0.387. The Bertz CT molecular complexity index is 199. The van der Waals surface area contributed by atoms with Crippen LogP contribution in [0.2, 0.25) is 0 Å². The molecule has 1 aliphatic rings. The second-order valence-corrected chi connectivity index (χ2v) is 4.07. The van der Waals surface area contributed by atoms with Crippen molar-refractivity contribution in [2.45, 2.75) is 44.6 Å². The van der Waals surface area contributed by atoms with Crippen LogP contribution in [0.1, 0.15) is 39.0 Å². The minimum atomic E-state index is -0.774. The number of carboxylic acids is 1. The van der Waals surface area contributed by atoms with Crippen molar-refractivity contribution in [3.05, 3.63) is 0 Å². The Labute approximate surface area is 90.6 Å². The maximum Gasteiger partial charge on any atom is 0.306 e. The fourth-order valence-corrected chi connectivity index (χ4v) is 1.78. The average molecular weight is 216 g/mol. The van der Waals surface area contributed by atoms with Crippen molar-refractivity contribution in [2.24, 2.45) is 0 Å². The average Bonchev–Trinajstić information content (AvgIpc) is 2.12. The van der Waals surface area contributed by atoms with Crippen LogP contribution in [0.15, 0.2) is 0 Å². The minimum absolute atomic E-state index is 0.126. The number of ether oxygens (including phenoxy) is 2. The molecular weight excluding hydrogens is 196 g/mol. The van der Waals surface area contributed by atoms with E-state index >= 15 is 0 Å². The SMILES string of the molecule is CCCOCCOC1(CC(=O)O)CCC1. The first kappa shape index (κ1) is 12.5. The molecule has 88 valence electrons. The van der Waals surface area contributed by atoms with E-state index in [2.05, 4.69) is 6.92 Å². The van der Waals surface area contributed by atoms with E-state index in [1.165, 1.54) is 0 Å². The van der Waals surface area contributed by atoms with Gasteiger partial charge in [-0.05, 0) is 25.7 Å². The van der Waals surface area contributed by atoms with Gasteiger partial charge in [-0.15, -0.1) is 0 Å². The van der Waals surface area contributed by atoms with E-state index in [0.29, 0.717) is 13.2 Å². The zero-order valence-electron chi connectivity index (χ0n) is 9.33. The Balaban J connectivity index is 2.13. The molecular formula is C11H20O4. The summed E-state index contributed by atoms with van der Waals surface area (Å²) < 4.78 is 10.9. The number of carbonyl (C=O) groups is 1. The Hall–Kier alpha value is -0.610. The molecule has 0 atom stereocenters. The number of hydrogen-bond acceptors (Lipinski definition) is 3. The van der Waals surface area contributed by atoms with Gasteiger partial charge in [-0.1, -0.05) is 6.92 Å². The zero-order chi connectivity index (χ0) is 11.1. The molecule has 0 saturated heterocycles. The van der Waals surface area contributed by atoms with Crippen LogP contribution < -0.4 is 0 Å².